The van der Waals surface area contributed by atoms with Gasteiger partial charge < -0.3 is 4.98 Å². The van der Waals surface area contributed by atoms with E-state index in [0.717, 1.165) is 23.3 Å². The van der Waals surface area contributed by atoms with Crippen LogP contribution in [0, 0.1) is 0 Å². The Balaban J connectivity index is 1.53. The maximum atomic E-state index is 4.26. The first-order chi connectivity index (χ1) is 10.4. The number of aromatic amines is 1. The zero-order chi connectivity index (χ0) is 14.1. The lowest BCUT2D eigenvalue weighted by molar-refractivity contribution is 0.649. The highest BCUT2D eigenvalue weighted by atomic mass is 32.1. The van der Waals surface area contributed by atoms with E-state index in [9.17, 15) is 0 Å². The van der Waals surface area contributed by atoms with Crippen LogP contribution in [0.15, 0.2) is 42.4 Å². The van der Waals surface area contributed by atoms with Gasteiger partial charge >= 0.3 is 0 Å². The highest BCUT2D eigenvalue weighted by Gasteiger charge is 2.09. The number of hydrogen-bond acceptors (Lipinski definition) is 5. The van der Waals surface area contributed by atoms with Gasteiger partial charge in [0, 0.05) is 31.2 Å². The Morgan fingerprint density at radius 3 is 3.05 bits per heavy atom. The van der Waals surface area contributed by atoms with E-state index < -0.39 is 0 Å². The predicted molar refractivity (Wildman–Crippen MR) is 80.1 cm³/mol. The average Bonchev–Trinajstić information content (AvgIpc) is 3.20. The molecule has 4 aromatic heterocycles. The fraction of sp³-hybridized carbons (Fsp3) is 0.143. The van der Waals surface area contributed by atoms with Gasteiger partial charge in [0.05, 0.1) is 22.4 Å². The number of nitrogens with zero attached hydrogens (tertiary/aromatic N) is 5. The molecule has 0 aliphatic carbocycles. The van der Waals surface area contributed by atoms with Crippen molar-refractivity contribution in [1.82, 2.24) is 29.9 Å². The van der Waals surface area contributed by atoms with Gasteiger partial charge in [-0.3, -0.25) is 4.98 Å². The Labute approximate surface area is 124 Å². The van der Waals surface area contributed by atoms with Gasteiger partial charge in [0.25, 0.3) is 0 Å². The molecule has 0 atom stereocenters. The first-order valence-electron chi connectivity index (χ1n) is 6.56. The summed E-state index contributed by atoms with van der Waals surface area (Å²) in [5, 5.41) is 8.43. The summed E-state index contributed by atoms with van der Waals surface area (Å²) in [4.78, 5) is 11.4. The fourth-order valence-corrected chi connectivity index (χ4v) is 3.07. The Bertz CT molecular complexity index is 860. The van der Waals surface area contributed by atoms with Crippen LogP contribution in [0.1, 0.15) is 16.8 Å². The monoisotopic (exact) mass is 296 g/mol. The third-order valence-electron chi connectivity index (χ3n) is 3.29. The van der Waals surface area contributed by atoms with Gasteiger partial charge in [-0.05, 0) is 23.3 Å². The molecule has 0 aliphatic heterocycles. The number of fused-ring (bicyclic) bond motifs is 1. The van der Waals surface area contributed by atoms with Gasteiger partial charge in [-0.2, -0.15) is 0 Å². The highest BCUT2D eigenvalue weighted by Crippen LogP contribution is 2.23. The van der Waals surface area contributed by atoms with Crippen molar-refractivity contribution in [2.24, 2.45) is 0 Å². The lowest BCUT2D eigenvalue weighted by Gasteiger charge is -1.98. The molecule has 0 saturated heterocycles. The van der Waals surface area contributed by atoms with Gasteiger partial charge in [-0.15, -0.1) is 16.4 Å². The minimum Gasteiger partial charge on any atom is -0.345 e. The molecule has 0 radical (unpaired) electrons. The van der Waals surface area contributed by atoms with Gasteiger partial charge in [0.15, 0.2) is 0 Å². The topological polar surface area (TPSA) is 72.3 Å². The Hall–Kier alpha value is -2.54. The van der Waals surface area contributed by atoms with Crippen molar-refractivity contribution in [2.75, 3.05) is 0 Å². The molecule has 1 N–H and O–H groups in total. The van der Waals surface area contributed by atoms with E-state index in [0.29, 0.717) is 6.54 Å². The first kappa shape index (κ1) is 12.2. The van der Waals surface area contributed by atoms with Crippen molar-refractivity contribution in [2.45, 2.75) is 13.0 Å². The summed E-state index contributed by atoms with van der Waals surface area (Å²) in [7, 11) is 0. The van der Waals surface area contributed by atoms with Crippen molar-refractivity contribution in [3.05, 3.63) is 59.3 Å². The van der Waals surface area contributed by atoms with Crippen LogP contribution in [-0.2, 0) is 13.0 Å². The minimum atomic E-state index is 0.707. The van der Waals surface area contributed by atoms with Gasteiger partial charge in [0.2, 0.25) is 0 Å². The van der Waals surface area contributed by atoms with Crippen LogP contribution in [0.5, 0.6) is 0 Å². The largest absolute Gasteiger partial charge is 0.345 e. The summed E-state index contributed by atoms with van der Waals surface area (Å²) < 4.78 is 3.04. The quantitative estimate of drug-likeness (QED) is 0.627. The van der Waals surface area contributed by atoms with E-state index in [-0.39, 0.29) is 0 Å². The Morgan fingerprint density at radius 2 is 2.14 bits per heavy atom. The van der Waals surface area contributed by atoms with Crippen LogP contribution in [0.4, 0.5) is 0 Å². The molecule has 0 unspecified atom stereocenters. The molecular formula is C14H12N6S. The molecule has 4 rings (SSSR count). The third-order valence-corrected chi connectivity index (χ3v) is 4.20. The number of rotatable bonds is 4. The van der Waals surface area contributed by atoms with Crippen LogP contribution < -0.4 is 0 Å². The molecule has 7 heteroatoms. The van der Waals surface area contributed by atoms with Gasteiger partial charge in [0.1, 0.15) is 5.65 Å². The first-order valence-corrected chi connectivity index (χ1v) is 7.44. The second kappa shape index (κ2) is 5.10. The summed E-state index contributed by atoms with van der Waals surface area (Å²) in [6, 6.07) is 3.96. The maximum absolute atomic E-state index is 4.26. The van der Waals surface area contributed by atoms with Gasteiger partial charge in [-0.25, -0.2) is 9.67 Å². The second-order valence-electron chi connectivity index (χ2n) is 4.78. The SMILES string of the molecule is c1cc(Cn2cc(Cc3c[nH]c4ncsc34)nn2)ccn1. The molecule has 0 aliphatic rings. The molecule has 0 bridgehead atoms. The number of thiazole rings is 1. The minimum absolute atomic E-state index is 0.707. The lowest BCUT2D eigenvalue weighted by atomic mass is 10.2. The lowest BCUT2D eigenvalue weighted by Crippen LogP contribution is -2.00. The molecule has 6 nitrogen and oxygen atoms in total. The predicted octanol–water partition coefficient (Wildman–Crippen LogP) is 2.25. The number of pyridine rings is 1. The van der Waals surface area contributed by atoms with Crippen molar-refractivity contribution in [3.63, 3.8) is 0 Å². The molecular weight excluding hydrogens is 284 g/mol. The smallest absolute Gasteiger partial charge is 0.148 e. The Morgan fingerprint density at radius 1 is 1.24 bits per heavy atom. The number of H-pyrrole nitrogens is 1. The maximum Gasteiger partial charge on any atom is 0.148 e. The molecule has 0 fully saturated rings. The fourth-order valence-electron chi connectivity index (χ4n) is 2.30. The van der Waals surface area contributed by atoms with Crippen molar-refractivity contribution < 1.29 is 0 Å². The average molecular weight is 296 g/mol. The normalized spacial score (nSPS) is 11.2. The molecule has 4 heterocycles. The third kappa shape index (κ3) is 2.43. The zero-order valence-corrected chi connectivity index (χ0v) is 11.9. The molecule has 0 aromatic carbocycles. The number of aromatic nitrogens is 6. The van der Waals surface area contributed by atoms with Crippen LogP contribution in [0.2, 0.25) is 0 Å². The van der Waals surface area contributed by atoms with Crippen LogP contribution in [-0.4, -0.2) is 29.9 Å². The molecule has 21 heavy (non-hydrogen) atoms. The van der Waals surface area contributed by atoms with E-state index in [2.05, 4.69) is 25.3 Å². The standard InChI is InChI=1S/C14H12N6S/c1-3-15-4-2-10(1)7-20-8-12(18-19-20)5-11-6-16-14-13(11)21-9-17-14/h1-4,6,8-9,16H,5,7H2. The molecule has 104 valence electrons. The van der Waals surface area contributed by atoms with E-state index >= 15 is 0 Å². The highest BCUT2D eigenvalue weighted by molar-refractivity contribution is 7.16. The van der Waals surface area contributed by atoms with E-state index in [4.69, 9.17) is 0 Å². The van der Waals surface area contributed by atoms with E-state index in [1.54, 1.807) is 23.7 Å². The van der Waals surface area contributed by atoms with E-state index in [1.165, 1.54) is 10.3 Å². The number of nitrogens with one attached hydrogen (secondary N) is 1. The van der Waals surface area contributed by atoms with Crippen molar-refractivity contribution in [3.8, 4) is 0 Å². The Kier molecular flexibility index (Phi) is 2.97. The van der Waals surface area contributed by atoms with E-state index in [1.807, 2.05) is 34.7 Å². The van der Waals surface area contributed by atoms with Gasteiger partial charge in [-0.1, -0.05) is 5.21 Å². The summed E-state index contributed by atoms with van der Waals surface area (Å²) in [5.41, 5.74) is 6.12. The second-order valence-corrected chi connectivity index (χ2v) is 5.64. The zero-order valence-electron chi connectivity index (χ0n) is 11.1. The molecule has 0 spiro atoms. The molecule has 0 amide bonds. The summed E-state index contributed by atoms with van der Waals surface area (Å²) in [6.45, 7) is 0.707. The summed E-state index contributed by atoms with van der Waals surface area (Å²) in [5.74, 6) is 0. The van der Waals surface area contributed by atoms with Crippen molar-refractivity contribution in [1.29, 1.82) is 0 Å². The van der Waals surface area contributed by atoms with Crippen LogP contribution in [0.25, 0.3) is 10.3 Å². The van der Waals surface area contributed by atoms with Crippen molar-refractivity contribution >= 4 is 21.7 Å². The molecule has 4 aromatic rings. The summed E-state index contributed by atoms with van der Waals surface area (Å²) in [6.07, 6.45) is 8.32. The van der Waals surface area contributed by atoms with Crippen LogP contribution >= 0.6 is 11.3 Å². The molecule has 0 saturated carbocycles. The number of hydrogen-bond donors (Lipinski definition) is 1. The van der Waals surface area contributed by atoms with Crippen LogP contribution in [0.3, 0.4) is 0 Å². The summed E-state index contributed by atoms with van der Waals surface area (Å²) >= 11 is 1.64.